The number of nitrogens with one attached hydrogen (secondary N) is 2. The number of methoxy groups -OCH3 is 1. The van der Waals surface area contributed by atoms with Gasteiger partial charge < -0.3 is 10.1 Å². The molecule has 0 aliphatic heterocycles. The van der Waals surface area contributed by atoms with Crippen molar-refractivity contribution in [3.8, 4) is 5.75 Å². The van der Waals surface area contributed by atoms with E-state index < -0.39 is 10.0 Å². The van der Waals surface area contributed by atoms with E-state index in [1.807, 2.05) is 37.3 Å². The van der Waals surface area contributed by atoms with E-state index in [9.17, 15) is 13.2 Å². The number of hydrogen-bond acceptors (Lipinski definition) is 4. The maximum absolute atomic E-state index is 12.8. The molecule has 0 spiro atoms. The van der Waals surface area contributed by atoms with Gasteiger partial charge in [-0.3, -0.25) is 9.52 Å². The maximum atomic E-state index is 12.8. The standard InChI is InChI=1S/C23H23BrN2O4S/c1-16-4-3-5-20(14-16)31(28,29)26-22-11-8-18(24)15-21(22)23(27)25-13-12-17-6-9-19(30-2)10-7-17/h3-11,14-15,26H,12-13H2,1-2H3,(H,25,27). The lowest BCUT2D eigenvalue weighted by Gasteiger charge is -2.14. The first-order valence-electron chi connectivity index (χ1n) is 9.58. The second-order valence-electron chi connectivity index (χ2n) is 6.97. The topological polar surface area (TPSA) is 84.5 Å². The van der Waals surface area contributed by atoms with Gasteiger partial charge in [0.1, 0.15) is 5.75 Å². The van der Waals surface area contributed by atoms with Gasteiger partial charge in [0.15, 0.2) is 0 Å². The molecule has 3 rings (SSSR count). The number of halogens is 1. The second kappa shape index (κ2) is 9.98. The fourth-order valence-corrected chi connectivity index (χ4v) is 4.53. The smallest absolute Gasteiger partial charge is 0.261 e. The van der Waals surface area contributed by atoms with Crippen LogP contribution in [0.5, 0.6) is 5.75 Å². The Kier molecular flexibility index (Phi) is 7.35. The van der Waals surface area contributed by atoms with Gasteiger partial charge in [0, 0.05) is 11.0 Å². The summed E-state index contributed by atoms with van der Waals surface area (Å²) in [6, 6.07) is 19.0. The summed E-state index contributed by atoms with van der Waals surface area (Å²) in [5.74, 6) is 0.407. The third-order valence-electron chi connectivity index (χ3n) is 4.63. The molecule has 0 radical (unpaired) electrons. The van der Waals surface area contributed by atoms with Crippen LogP contribution >= 0.6 is 15.9 Å². The average Bonchev–Trinajstić information content (AvgIpc) is 2.75. The quantitative estimate of drug-likeness (QED) is 0.473. The highest BCUT2D eigenvalue weighted by atomic mass is 79.9. The second-order valence-corrected chi connectivity index (χ2v) is 9.56. The molecule has 0 aliphatic rings. The van der Waals surface area contributed by atoms with Gasteiger partial charge in [-0.2, -0.15) is 0 Å². The first-order chi connectivity index (χ1) is 14.8. The highest BCUT2D eigenvalue weighted by molar-refractivity contribution is 9.10. The van der Waals surface area contributed by atoms with Gasteiger partial charge in [-0.25, -0.2) is 8.42 Å². The number of ether oxygens (including phenoxy) is 1. The minimum Gasteiger partial charge on any atom is -0.497 e. The Bertz CT molecular complexity index is 1180. The summed E-state index contributed by atoms with van der Waals surface area (Å²) >= 11 is 3.35. The van der Waals surface area contributed by atoms with Crippen molar-refractivity contribution in [2.24, 2.45) is 0 Å². The van der Waals surface area contributed by atoms with Crippen LogP contribution in [0.1, 0.15) is 21.5 Å². The van der Waals surface area contributed by atoms with E-state index >= 15 is 0 Å². The van der Waals surface area contributed by atoms with Crippen LogP contribution < -0.4 is 14.8 Å². The van der Waals surface area contributed by atoms with Crippen molar-refractivity contribution in [3.05, 3.63) is 87.9 Å². The van der Waals surface area contributed by atoms with Crippen molar-refractivity contribution < 1.29 is 17.9 Å². The van der Waals surface area contributed by atoms with Crippen LogP contribution in [0.25, 0.3) is 0 Å². The molecular formula is C23H23BrN2O4S. The van der Waals surface area contributed by atoms with Gasteiger partial charge in [-0.15, -0.1) is 0 Å². The molecule has 6 nitrogen and oxygen atoms in total. The largest absolute Gasteiger partial charge is 0.497 e. The minimum atomic E-state index is -3.83. The number of aryl methyl sites for hydroxylation is 1. The third kappa shape index (κ3) is 6.08. The Morgan fingerprint density at radius 1 is 1.03 bits per heavy atom. The summed E-state index contributed by atoms with van der Waals surface area (Å²) in [6.45, 7) is 2.22. The number of benzene rings is 3. The van der Waals surface area contributed by atoms with Crippen molar-refractivity contribution in [2.45, 2.75) is 18.2 Å². The molecule has 0 saturated carbocycles. The normalized spacial score (nSPS) is 11.1. The molecule has 2 N–H and O–H groups in total. The first-order valence-corrected chi connectivity index (χ1v) is 11.9. The molecular weight excluding hydrogens is 480 g/mol. The number of carbonyl (C=O) groups is 1. The Balaban J connectivity index is 1.73. The van der Waals surface area contributed by atoms with E-state index in [1.54, 1.807) is 37.4 Å². The summed E-state index contributed by atoms with van der Waals surface area (Å²) in [7, 11) is -2.22. The molecule has 0 aromatic heterocycles. The zero-order chi connectivity index (χ0) is 22.4. The molecule has 0 aliphatic carbocycles. The van der Waals surface area contributed by atoms with E-state index in [0.29, 0.717) is 17.4 Å². The van der Waals surface area contributed by atoms with Crippen molar-refractivity contribution in [1.29, 1.82) is 0 Å². The Morgan fingerprint density at radius 2 is 1.77 bits per heavy atom. The predicted octanol–water partition coefficient (Wildman–Crippen LogP) is 4.54. The minimum absolute atomic E-state index is 0.140. The summed E-state index contributed by atoms with van der Waals surface area (Å²) in [5, 5.41) is 2.85. The summed E-state index contributed by atoms with van der Waals surface area (Å²) in [5.41, 5.74) is 2.33. The molecule has 0 heterocycles. The number of rotatable bonds is 8. The number of anilines is 1. The highest BCUT2D eigenvalue weighted by Crippen LogP contribution is 2.24. The Hall–Kier alpha value is -2.84. The number of hydrogen-bond donors (Lipinski definition) is 2. The van der Waals surface area contributed by atoms with Crippen LogP contribution in [0, 0.1) is 6.92 Å². The summed E-state index contributed by atoms with van der Waals surface area (Å²) < 4.78 is 34.0. The Labute approximate surface area is 190 Å². The van der Waals surface area contributed by atoms with Crippen molar-refractivity contribution in [2.75, 3.05) is 18.4 Å². The molecule has 0 fully saturated rings. The average molecular weight is 503 g/mol. The van der Waals surface area contributed by atoms with Crippen LogP contribution in [-0.2, 0) is 16.4 Å². The van der Waals surface area contributed by atoms with Crippen LogP contribution in [0.3, 0.4) is 0 Å². The fourth-order valence-electron chi connectivity index (χ4n) is 2.99. The third-order valence-corrected chi connectivity index (χ3v) is 6.49. The van der Waals surface area contributed by atoms with E-state index in [2.05, 4.69) is 26.0 Å². The van der Waals surface area contributed by atoms with Crippen LogP contribution in [0.15, 0.2) is 76.1 Å². The summed E-state index contributed by atoms with van der Waals surface area (Å²) in [6.07, 6.45) is 0.633. The Morgan fingerprint density at radius 3 is 2.45 bits per heavy atom. The highest BCUT2D eigenvalue weighted by Gasteiger charge is 2.19. The van der Waals surface area contributed by atoms with Gasteiger partial charge in [0.2, 0.25) is 0 Å². The molecule has 0 atom stereocenters. The van der Waals surface area contributed by atoms with Crippen molar-refractivity contribution in [3.63, 3.8) is 0 Å². The van der Waals surface area contributed by atoms with Gasteiger partial charge in [-0.05, 0) is 66.9 Å². The van der Waals surface area contributed by atoms with Gasteiger partial charge in [-0.1, -0.05) is 40.2 Å². The van der Waals surface area contributed by atoms with Crippen LogP contribution in [0.2, 0.25) is 0 Å². The molecule has 0 bridgehead atoms. The van der Waals surface area contributed by atoms with Crippen LogP contribution in [-0.4, -0.2) is 28.0 Å². The van der Waals surface area contributed by atoms with E-state index in [1.165, 1.54) is 6.07 Å². The molecule has 0 unspecified atom stereocenters. The molecule has 8 heteroatoms. The molecule has 1 amide bonds. The molecule has 3 aromatic rings. The van der Waals surface area contributed by atoms with E-state index in [-0.39, 0.29) is 22.1 Å². The van der Waals surface area contributed by atoms with Gasteiger partial charge in [0.05, 0.1) is 23.3 Å². The number of carbonyl (C=O) groups excluding carboxylic acids is 1. The van der Waals surface area contributed by atoms with Crippen molar-refractivity contribution in [1.82, 2.24) is 5.32 Å². The lowest BCUT2D eigenvalue weighted by molar-refractivity contribution is 0.0955. The molecule has 0 saturated heterocycles. The number of amides is 1. The van der Waals surface area contributed by atoms with Gasteiger partial charge in [0.25, 0.3) is 15.9 Å². The lowest BCUT2D eigenvalue weighted by atomic mass is 10.1. The molecule has 31 heavy (non-hydrogen) atoms. The number of sulfonamides is 1. The van der Waals surface area contributed by atoms with Crippen molar-refractivity contribution >= 4 is 37.5 Å². The molecule has 162 valence electrons. The summed E-state index contributed by atoms with van der Waals surface area (Å²) in [4.78, 5) is 12.9. The van der Waals surface area contributed by atoms with Gasteiger partial charge >= 0.3 is 0 Å². The zero-order valence-corrected chi connectivity index (χ0v) is 19.6. The zero-order valence-electron chi connectivity index (χ0n) is 17.2. The molecule has 3 aromatic carbocycles. The van der Waals surface area contributed by atoms with E-state index in [0.717, 1.165) is 16.9 Å². The first kappa shape index (κ1) is 22.8. The maximum Gasteiger partial charge on any atom is 0.261 e. The fraction of sp³-hybridized carbons (Fsp3) is 0.174. The predicted molar refractivity (Wildman–Crippen MR) is 125 cm³/mol. The SMILES string of the molecule is COc1ccc(CCNC(=O)c2cc(Br)ccc2NS(=O)(=O)c2cccc(C)c2)cc1. The van der Waals surface area contributed by atoms with Crippen LogP contribution in [0.4, 0.5) is 5.69 Å². The monoisotopic (exact) mass is 502 g/mol. The van der Waals surface area contributed by atoms with E-state index in [4.69, 9.17) is 4.74 Å². The lowest BCUT2D eigenvalue weighted by Crippen LogP contribution is -2.27.